The number of hydrogen-bond donors (Lipinski definition) is 2. The number of hydrogen-bond acceptors (Lipinski definition) is 5. The Labute approximate surface area is 160 Å². The van der Waals surface area contributed by atoms with Crippen LogP contribution < -0.4 is 9.47 Å². The summed E-state index contributed by atoms with van der Waals surface area (Å²) in [5.41, 5.74) is -2.10. The minimum Gasteiger partial charge on any atom is -0.493 e. The second-order valence-electron chi connectivity index (χ2n) is 6.64. The first-order chi connectivity index (χ1) is 12.0. The van der Waals surface area contributed by atoms with Crippen molar-refractivity contribution in [3.8, 4) is 17.6 Å². The summed E-state index contributed by atoms with van der Waals surface area (Å²) in [7, 11) is 2.92. The quantitative estimate of drug-likeness (QED) is 0.617. The normalized spacial score (nSPS) is 13.4. The predicted molar refractivity (Wildman–Crippen MR) is 97.4 cm³/mol. The molecule has 0 aliphatic heterocycles. The molecule has 0 heterocycles. The van der Waals surface area contributed by atoms with Gasteiger partial charge in [0, 0.05) is 10.9 Å². The Kier molecular flexibility index (Phi) is 7.04. The summed E-state index contributed by atoms with van der Waals surface area (Å²) in [6.07, 6.45) is -0.374. The van der Waals surface area contributed by atoms with E-state index in [9.17, 15) is 20.0 Å². The van der Waals surface area contributed by atoms with Gasteiger partial charge in [-0.25, -0.2) is 0 Å². The maximum Gasteiger partial charge on any atom is 0.309 e. The number of aliphatic carboxylic acids is 2. The number of nitriles is 1. The summed E-state index contributed by atoms with van der Waals surface area (Å²) >= 11 is 3.40. The van der Waals surface area contributed by atoms with Crippen molar-refractivity contribution in [1.29, 1.82) is 5.26 Å². The highest BCUT2D eigenvalue weighted by Crippen LogP contribution is 2.46. The Balaban J connectivity index is 3.61. The van der Waals surface area contributed by atoms with Crippen LogP contribution in [0.3, 0.4) is 0 Å². The van der Waals surface area contributed by atoms with Crippen molar-refractivity contribution in [2.45, 2.75) is 38.5 Å². The van der Waals surface area contributed by atoms with Crippen LogP contribution in [-0.2, 0) is 15.0 Å². The van der Waals surface area contributed by atoms with E-state index < -0.39 is 22.8 Å². The Hall–Kier alpha value is -2.27. The predicted octanol–water partition coefficient (Wildman–Crippen LogP) is 3.59. The smallest absolute Gasteiger partial charge is 0.309 e. The lowest BCUT2D eigenvalue weighted by atomic mass is 9.67. The van der Waals surface area contributed by atoms with Gasteiger partial charge < -0.3 is 19.7 Å². The lowest BCUT2D eigenvalue weighted by Crippen LogP contribution is -2.36. The van der Waals surface area contributed by atoms with Crippen molar-refractivity contribution in [3.63, 3.8) is 0 Å². The van der Waals surface area contributed by atoms with Crippen LogP contribution in [0.5, 0.6) is 11.5 Å². The van der Waals surface area contributed by atoms with Gasteiger partial charge in [0.2, 0.25) is 0 Å². The highest BCUT2D eigenvalue weighted by atomic mass is 79.9. The summed E-state index contributed by atoms with van der Waals surface area (Å²) in [6, 6.07) is 5.38. The van der Waals surface area contributed by atoms with Gasteiger partial charge in [-0.05, 0) is 44.4 Å². The molecule has 0 radical (unpaired) electrons. The van der Waals surface area contributed by atoms with E-state index in [2.05, 4.69) is 22.0 Å². The molecule has 0 saturated carbocycles. The summed E-state index contributed by atoms with van der Waals surface area (Å²) in [6.45, 7) is 3.02. The Morgan fingerprint density at radius 2 is 1.73 bits per heavy atom. The van der Waals surface area contributed by atoms with Crippen LogP contribution in [0.25, 0.3) is 0 Å². The summed E-state index contributed by atoms with van der Waals surface area (Å²) in [4.78, 5) is 22.7. The van der Waals surface area contributed by atoms with Crippen LogP contribution in [0.4, 0.5) is 0 Å². The number of benzene rings is 1. The van der Waals surface area contributed by atoms with Gasteiger partial charge in [-0.2, -0.15) is 5.26 Å². The molecular weight excluding hydrogens is 406 g/mol. The molecule has 142 valence electrons. The van der Waals surface area contributed by atoms with Crippen LogP contribution in [0.1, 0.15) is 38.7 Å². The van der Waals surface area contributed by atoms with Crippen LogP contribution in [0.2, 0.25) is 0 Å². The van der Waals surface area contributed by atoms with Gasteiger partial charge in [0.25, 0.3) is 0 Å². The molecule has 2 N–H and O–H groups in total. The average Bonchev–Trinajstić information content (AvgIpc) is 2.58. The number of nitrogens with zero attached hydrogens (tertiary/aromatic N) is 1. The first-order valence-corrected chi connectivity index (χ1v) is 8.60. The van der Waals surface area contributed by atoms with Crippen LogP contribution >= 0.6 is 15.9 Å². The molecule has 26 heavy (non-hydrogen) atoms. The van der Waals surface area contributed by atoms with E-state index in [0.717, 1.165) is 0 Å². The molecule has 0 spiro atoms. The number of ether oxygens (including phenoxy) is 2. The zero-order valence-electron chi connectivity index (χ0n) is 15.1. The van der Waals surface area contributed by atoms with Gasteiger partial charge in [-0.15, -0.1) is 0 Å². The Bertz CT molecular complexity index is 740. The van der Waals surface area contributed by atoms with E-state index in [4.69, 9.17) is 14.6 Å². The number of carbonyl (C=O) groups is 2. The maximum atomic E-state index is 11.6. The van der Waals surface area contributed by atoms with Crippen molar-refractivity contribution in [2.75, 3.05) is 14.2 Å². The van der Waals surface area contributed by atoms with E-state index in [1.807, 2.05) is 0 Å². The number of carboxylic acids is 2. The second kappa shape index (κ2) is 8.41. The van der Waals surface area contributed by atoms with Gasteiger partial charge in [0.1, 0.15) is 0 Å². The van der Waals surface area contributed by atoms with E-state index in [-0.39, 0.29) is 19.3 Å². The molecule has 1 rings (SSSR count). The fourth-order valence-corrected chi connectivity index (χ4v) is 3.55. The van der Waals surface area contributed by atoms with Crippen molar-refractivity contribution in [3.05, 3.63) is 22.2 Å². The third-order valence-corrected chi connectivity index (χ3v) is 4.95. The molecule has 0 fully saturated rings. The first kappa shape index (κ1) is 21.8. The minimum absolute atomic E-state index is 0.0381. The van der Waals surface area contributed by atoms with E-state index in [1.165, 1.54) is 28.1 Å². The molecule has 1 aromatic carbocycles. The molecule has 0 aliphatic rings. The van der Waals surface area contributed by atoms with Crippen molar-refractivity contribution in [2.24, 2.45) is 5.41 Å². The maximum absolute atomic E-state index is 11.6. The van der Waals surface area contributed by atoms with E-state index in [0.29, 0.717) is 21.5 Å². The van der Waals surface area contributed by atoms with Gasteiger partial charge in [0.05, 0.1) is 31.1 Å². The molecule has 0 bridgehead atoms. The highest BCUT2D eigenvalue weighted by molar-refractivity contribution is 9.10. The Morgan fingerprint density at radius 1 is 1.19 bits per heavy atom. The summed E-state index contributed by atoms with van der Waals surface area (Å²) in [5, 5.41) is 28.6. The monoisotopic (exact) mass is 427 g/mol. The fourth-order valence-electron chi connectivity index (χ4n) is 2.85. The first-order valence-electron chi connectivity index (χ1n) is 7.81. The fraction of sp³-hybridized carbons (Fsp3) is 0.500. The topological polar surface area (TPSA) is 117 Å². The lowest BCUT2D eigenvalue weighted by Gasteiger charge is -2.34. The molecule has 0 saturated heterocycles. The molecule has 1 aromatic rings. The van der Waals surface area contributed by atoms with Gasteiger partial charge in [0.15, 0.2) is 11.5 Å². The molecule has 1 atom stereocenters. The van der Waals surface area contributed by atoms with Crippen LogP contribution in [0.15, 0.2) is 16.6 Å². The number of methoxy groups -OCH3 is 2. The standard InChI is InChI=1S/C18H22BrNO6/c1-17(2,16(23)24)9-18(10-20,6-5-15(21)22)11-7-13(25-3)14(26-4)8-12(11)19/h7-8H,5-6,9H2,1-4H3,(H,21,22)(H,23,24). The molecule has 7 nitrogen and oxygen atoms in total. The van der Waals surface area contributed by atoms with Crippen LogP contribution in [0, 0.1) is 16.7 Å². The Morgan fingerprint density at radius 3 is 2.15 bits per heavy atom. The second-order valence-corrected chi connectivity index (χ2v) is 7.49. The SMILES string of the molecule is COc1cc(Br)c(C(C#N)(CCC(=O)O)CC(C)(C)C(=O)O)cc1OC. The number of rotatable bonds is 9. The zero-order chi connectivity index (χ0) is 20.1. The minimum atomic E-state index is -1.33. The van der Waals surface area contributed by atoms with Crippen molar-refractivity contribution >= 4 is 27.9 Å². The highest BCUT2D eigenvalue weighted by Gasteiger charge is 2.43. The van der Waals surface area contributed by atoms with Gasteiger partial charge >= 0.3 is 11.9 Å². The molecule has 8 heteroatoms. The molecule has 0 aromatic heterocycles. The third-order valence-electron chi connectivity index (χ3n) is 4.29. The van der Waals surface area contributed by atoms with Crippen molar-refractivity contribution < 1.29 is 29.3 Å². The van der Waals surface area contributed by atoms with Crippen LogP contribution in [-0.4, -0.2) is 36.4 Å². The molecule has 0 aliphatic carbocycles. The summed E-state index contributed by atoms with van der Waals surface area (Å²) in [5.74, 6) is -1.32. The van der Waals surface area contributed by atoms with Gasteiger partial charge in [-0.1, -0.05) is 15.9 Å². The lowest BCUT2D eigenvalue weighted by molar-refractivity contribution is -0.147. The summed E-state index contributed by atoms with van der Waals surface area (Å²) < 4.78 is 11.0. The number of carboxylic acid groups (broad SMARTS) is 2. The molecular formula is C18H22BrNO6. The molecule has 0 amide bonds. The number of halogens is 1. The van der Waals surface area contributed by atoms with E-state index in [1.54, 1.807) is 12.1 Å². The van der Waals surface area contributed by atoms with E-state index >= 15 is 0 Å². The molecule has 1 unspecified atom stereocenters. The third kappa shape index (κ3) is 4.67. The largest absolute Gasteiger partial charge is 0.493 e. The van der Waals surface area contributed by atoms with Crippen molar-refractivity contribution in [1.82, 2.24) is 0 Å². The van der Waals surface area contributed by atoms with Gasteiger partial charge in [-0.3, -0.25) is 9.59 Å². The average molecular weight is 428 g/mol. The zero-order valence-corrected chi connectivity index (χ0v) is 16.7.